The molecule has 0 atom stereocenters. The summed E-state index contributed by atoms with van der Waals surface area (Å²) in [5.74, 6) is 2.44. The van der Waals surface area contributed by atoms with E-state index >= 15 is 0 Å². The number of nitrogens with one attached hydrogen (secondary N) is 2. The number of hydrogen-bond acceptors (Lipinski definition) is 9. The first-order valence-corrected chi connectivity index (χ1v) is 13.4. The quantitative estimate of drug-likeness (QED) is 0.436. The predicted octanol–water partition coefficient (Wildman–Crippen LogP) is 4.20. The number of imide groups is 1. The Labute approximate surface area is 224 Å². The van der Waals surface area contributed by atoms with Gasteiger partial charge in [-0.15, -0.1) is 0 Å². The van der Waals surface area contributed by atoms with Gasteiger partial charge in [-0.1, -0.05) is 24.3 Å². The molecule has 0 aliphatic carbocycles. The van der Waals surface area contributed by atoms with Crippen LogP contribution >= 0.6 is 11.8 Å². The van der Waals surface area contributed by atoms with E-state index in [0.29, 0.717) is 22.5 Å². The van der Waals surface area contributed by atoms with Crippen molar-refractivity contribution in [1.82, 2.24) is 20.6 Å². The van der Waals surface area contributed by atoms with E-state index in [1.807, 2.05) is 12.1 Å². The monoisotopic (exact) mass is 529 g/mol. The predicted molar refractivity (Wildman–Crippen MR) is 146 cm³/mol. The summed E-state index contributed by atoms with van der Waals surface area (Å²) >= 11 is 0.891. The molecule has 0 spiro atoms. The highest BCUT2D eigenvalue weighted by Crippen LogP contribution is 2.36. The van der Waals surface area contributed by atoms with Crippen molar-refractivity contribution in [3.63, 3.8) is 0 Å². The van der Waals surface area contributed by atoms with Crippen molar-refractivity contribution >= 4 is 34.9 Å². The zero-order valence-electron chi connectivity index (χ0n) is 20.7. The fourth-order valence-electron chi connectivity index (χ4n) is 4.84. The van der Waals surface area contributed by atoms with E-state index < -0.39 is 0 Å². The first-order valence-electron chi connectivity index (χ1n) is 12.6. The molecule has 6 rings (SSSR count). The second-order valence-corrected chi connectivity index (χ2v) is 10.5. The van der Waals surface area contributed by atoms with Crippen molar-refractivity contribution < 1.29 is 19.1 Å². The number of piperidine rings is 1. The molecule has 2 N–H and O–H groups in total. The lowest BCUT2D eigenvalue weighted by Crippen LogP contribution is -2.38. The van der Waals surface area contributed by atoms with Gasteiger partial charge in [-0.05, 0) is 84.1 Å². The fraction of sp³-hybridized carbons (Fsp3) is 0.286. The Hall–Kier alpha value is -3.89. The molecule has 4 heterocycles. The molecular weight excluding hydrogens is 502 g/mol. The number of ether oxygens (including phenoxy) is 2. The molecule has 194 valence electrons. The lowest BCUT2D eigenvalue weighted by molar-refractivity contribution is -0.115. The van der Waals surface area contributed by atoms with Gasteiger partial charge in [0.15, 0.2) is 11.5 Å². The lowest BCUT2D eigenvalue weighted by Gasteiger charge is -2.32. The lowest BCUT2D eigenvalue weighted by atomic mass is 9.97. The average Bonchev–Trinajstić information content (AvgIpc) is 3.54. The van der Waals surface area contributed by atoms with Crippen LogP contribution in [0.15, 0.2) is 59.6 Å². The minimum absolute atomic E-state index is 0.280. The van der Waals surface area contributed by atoms with Gasteiger partial charge in [-0.25, -0.2) is 9.97 Å². The maximum Gasteiger partial charge on any atom is 0.290 e. The van der Waals surface area contributed by atoms with Crippen LogP contribution < -0.4 is 25.0 Å². The molecule has 3 aliphatic rings. The molecule has 0 radical (unpaired) electrons. The Balaban J connectivity index is 0.998. The van der Waals surface area contributed by atoms with Crippen LogP contribution in [0.4, 0.5) is 10.7 Å². The van der Waals surface area contributed by atoms with Crippen LogP contribution in [0.3, 0.4) is 0 Å². The maximum atomic E-state index is 11.8. The average molecular weight is 530 g/mol. The number of rotatable bonds is 7. The highest BCUT2D eigenvalue weighted by molar-refractivity contribution is 8.18. The zero-order chi connectivity index (χ0) is 25.9. The van der Waals surface area contributed by atoms with Crippen LogP contribution in [0.1, 0.15) is 24.1 Å². The summed E-state index contributed by atoms with van der Waals surface area (Å²) in [6.45, 7) is 3.79. The molecule has 0 saturated carbocycles. The SMILES string of the molecule is O=C1NC(=O)/C(=C\c2ccnc(N3CCC(CNCc4cccc(-c5ccc6c(c5)OCO6)c4)CC3)n2)S1. The van der Waals surface area contributed by atoms with Gasteiger partial charge >= 0.3 is 0 Å². The van der Waals surface area contributed by atoms with E-state index in [4.69, 9.17) is 9.47 Å². The first kappa shape index (κ1) is 24.4. The van der Waals surface area contributed by atoms with Gasteiger partial charge in [0.25, 0.3) is 11.1 Å². The largest absolute Gasteiger partial charge is 0.454 e. The number of thioether (sulfide) groups is 1. The molecule has 2 saturated heterocycles. The van der Waals surface area contributed by atoms with Gasteiger partial charge in [0.1, 0.15) is 0 Å². The third kappa shape index (κ3) is 5.51. The second kappa shape index (κ2) is 10.8. The number of hydrogen-bond donors (Lipinski definition) is 2. The summed E-state index contributed by atoms with van der Waals surface area (Å²) in [7, 11) is 0. The summed E-state index contributed by atoms with van der Waals surface area (Å²) in [6, 6.07) is 16.4. The van der Waals surface area contributed by atoms with Gasteiger partial charge in [0.2, 0.25) is 12.7 Å². The molecule has 2 amide bonds. The van der Waals surface area contributed by atoms with E-state index in [2.05, 4.69) is 55.8 Å². The third-order valence-corrected chi connectivity index (χ3v) is 7.69. The van der Waals surface area contributed by atoms with Crippen LogP contribution in [0.2, 0.25) is 0 Å². The molecule has 1 aromatic heterocycles. The van der Waals surface area contributed by atoms with Gasteiger partial charge in [0, 0.05) is 25.8 Å². The number of anilines is 1. The molecule has 9 nitrogen and oxygen atoms in total. The van der Waals surface area contributed by atoms with Gasteiger partial charge in [-0.3, -0.25) is 14.9 Å². The molecule has 0 unspecified atom stereocenters. The first-order chi connectivity index (χ1) is 18.6. The maximum absolute atomic E-state index is 11.8. The zero-order valence-corrected chi connectivity index (χ0v) is 21.5. The summed E-state index contributed by atoms with van der Waals surface area (Å²) in [5.41, 5.74) is 4.14. The molecule has 3 aromatic rings. The smallest absolute Gasteiger partial charge is 0.290 e. The Morgan fingerprint density at radius 1 is 1.05 bits per heavy atom. The van der Waals surface area contributed by atoms with E-state index in [9.17, 15) is 9.59 Å². The van der Waals surface area contributed by atoms with E-state index in [1.165, 1.54) is 5.56 Å². The van der Waals surface area contributed by atoms with Crippen molar-refractivity contribution in [2.75, 3.05) is 31.3 Å². The van der Waals surface area contributed by atoms with E-state index in [-0.39, 0.29) is 17.9 Å². The number of nitrogens with zero attached hydrogens (tertiary/aromatic N) is 3. The molecule has 0 bridgehead atoms. The Morgan fingerprint density at radius 2 is 1.89 bits per heavy atom. The van der Waals surface area contributed by atoms with Crippen molar-refractivity contribution in [3.8, 4) is 22.6 Å². The number of benzene rings is 2. The van der Waals surface area contributed by atoms with Crippen molar-refractivity contribution in [1.29, 1.82) is 0 Å². The number of fused-ring (bicyclic) bond motifs is 1. The minimum Gasteiger partial charge on any atom is -0.454 e. The van der Waals surface area contributed by atoms with Gasteiger partial charge in [0.05, 0.1) is 10.6 Å². The molecule has 10 heteroatoms. The number of carbonyl (C=O) groups is 2. The van der Waals surface area contributed by atoms with Crippen molar-refractivity contribution in [2.45, 2.75) is 19.4 Å². The molecule has 2 fully saturated rings. The summed E-state index contributed by atoms with van der Waals surface area (Å²) in [5, 5.41) is 5.54. The molecule has 2 aromatic carbocycles. The van der Waals surface area contributed by atoms with Crippen LogP contribution in [0, 0.1) is 5.92 Å². The van der Waals surface area contributed by atoms with E-state index in [0.717, 1.165) is 73.4 Å². The Bertz CT molecular complexity index is 1400. The van der Waals surface area contributed by atoms with E-state index in [1.54, 1.807) is 18.3 Å². The number of aromatic nitrogens is 2. The Kier molecular flexibility index (Phi) is 6.98. The van der Waals surface area contributed by atoms with Crippen LogP contribution in [0.25, 0.3) is 17.2 Å². The highest BCUT2D eigenvalue weighted by atomic mass is 32.2. The number of carbonyl (C=O) groups excluding carboxylic acids is 2. The molecule has 38 heavy (non-hydrogen) atoms. The van der Waals surface area contributed by atoms with Crippen molar-refractivity contribution in [2.24, 2.45) is 5.92 Å². The Morgan fingerprint density at radius 3 is 2.74 bits per heavy atom. The topological polar surface area (TPSA) is 106 Å². The molecule has 3 aliphatic heterocycles. The highest BCUT2D eigenvalue weighted by Gasteiger charge is 2.26. The van der Waals surface area contributed by atoms with Crippen LogP contribution in [-0.4, -0.2) is 47.5 Å². The summed E-state index contributed by atoms with van der Waals surface area (Å²) in [6.07, 6.45) is 5.42. The normalized spacial score (nSPS) is 18.3. The van der Waals surface area contributed by atoms with Crippen LogP contribution in [-0.2, 0) is 11.3 Å². The second-order valence-electron chi connectivity index (χ2n) is 9.46. The van der Waals surface area contributed by atoms with Gasteiger partial charge < -0.3 is 19.7 Å². The molecular formula is C28H27N5O4S. The van der Waals surface area contributed by atoms with Crippen molar-refractivity contribution in [3.05, 3.63) is 70.9 Å². The minimum atomic E-state index is -0.381. The fourth-order valence-corrected chi connectivity index (χ4v) is 5.51. The third-order valence-electron chi connectivity index (χ3n) is 6.88. The van der Waals surface area contributed by atoms with Crippen LogP contribution in [0.5, 0.6) is 11.5 Å². The summed E-state index contributed by atoms with van der Waals surface area (Å²) < 4.78 is 10.9. The summed E-state index contributed by atoms with van der Waals surface area (Å²) in [4.78, 5) is 34.8. The van der Waals surface area contributed by atoms with Gasteiger partial charge in [-0.2, -0.15) is 0 Å². The number of amides is 2. The standard InChI is InChI=1S/C28H27N5O4S/c34-26-25(38-28(35)32-26)14-22-6-9-30-27(31-22)33-10-7-18(8-11-33)15-29-16-19-2-1-3-20(12-19)21-4-5-23-24(13-21)37-17-36-23/h1-6,9,12-14,18,29H,7-8,10-11,15-17H2,(H,32,34,35)/b25-14+.